The summed E-state index contributed by atoms with van der Waals surface area (Å²) < 4.78 is 0. The second-order valence-corrected chi connectivity index (χ2v) is 26.2. The molecule has 0 nitrogen and oxygen atoms in total. The Kier molecular flexibility index (Phi) is 42.7. The average molecular weight is 1110 g/mol. The molecule has 0 aliphatic heterocycles. The van der Waals surface area contributed by atoms with Crippen LogP contribution in [0.1, 0.15) is 370 Å². The Morgan fingerprint density at radius 3 is 0.506 bits per heavy atom. The van der Waals surface area contributed by atoms with Gasteiger partial charge in [0, 0.05) is 11.8 Å². The van der Waals surface area contributed by atoms with Gasteiger partial charge >= 0.3 is 0 Å². The molecule has 456 valence electrons. The third-order valence-electron chi connectivity index (χ3n) is 19.6. The molecule has 81 heavy (non-hydrogen) atoms. The predicted octanol–water partition coefficient (Wildman–Crippen LogP) is 27.7. The number of benzene rings is 4. The fraction of sp³-hybridized carbons (Fsp3) is 0.704. The van der Waals surface area contributed by atoms with Crippen molar-refractivity contribution in [2.45, 2.75) is 348 Å². The summed E-state index contributed by atoms with van der Waals surface area (Å²) in [6, 6.07) is 48.9. The molecule has 0 heterocycles. The summed E-state index contributed by atoms with van der Waals surface area (Å²) in [5.41, 5.74) is 6.13. The van der Waals surface area contributed by atoms with Gasteiger partial charge in [-0.1, -0.05) is 432 Å². The predicted molar refractivity (Wildman–Crippen MR) is 363 cm³/mol. The van der Waals surface area contributed by atoms with Crippen LogP contribution < -0.4 is 0 Å². The van der Waals surface area contributed by atoms with Gasteiger partial charge in [0.05, 0.1) is 0 Å². The molecule has 0 saturated carbocycles. The zero-order chi connectivity index (χ0) is 57.2. The molecule has 0 fully saturated rings. The Bertz CT molecular complexity index is 1620. The first-order chi connectivity index (χ1) is 40.2. The van der Waals surface area contributed by atoms with Gasteiger partial charge in [-0.3, -0.25) is 0 Å². The summed E-state index contributed by atoms with van der Waals surface area (Å²) in [6.07, 6.45) is 67.2. The summed E-state index contributed by atoms with van der Waals surface area (Å²) in [4.78, 5) is 0. The molecule has 4 rings (SSSR count). The van der Waals surface area contributed by atoms with E-state index >= 15 is 0 Å². The quantitative estimate of drug-likeness (QED) is 0.0387. The highest BCUT2D eigenvalue weighted by molar-refractivity contribution is 5.44. The van der Waals surface area contributed by atoms with E-state index in [0.29, 0.717) is 11.8 Å². The third kappa shape index (κ3) is 29.5. The normalized spacial score (nSPS) is 12.0. The van der Waals surface area contributed by atoms with Crippen molar-refractivity contribution in [3.63, 3.8) is 0 Å². The lowest BCUT2D eigenvalue weighted by Crippen LogP contribution is -2.49. The topological polar surface area (TPSA) is 0 Å². The van der Waals surface area contributed by atoms with Gasteiger partial charge in [0.1, 0.15) is 0 Å². The van der Waals surface area contributed by atoms with Gasteiger partial charge in [-0.2, -0.15) is 0 Å². The van der Waals surface area contributed by atoms with Crippen LogP contribution in [-0.4, -0.2) is 0 Å². The molecule has 0 aromatic heterocycles. The lowest BCUT2D eigenvalue weighted by atomic mass is 9.46. The highest BCUT2D eigenvalue weighted by atomic mass is 14.6. The molecule has 4 aromatic carbocycles. The molecule has 0 atom stereocenters. The van der Waals surface area contributed by atoms with E-state index in [1.165, 1.54) is 308 Å². The Hall–Kier alpha value is -3.12. The van der Waals surface area contributed by atoms with Crippen LogP contribution in [-0.2, 0) is 0 Å². The highest BCUT2D eigenvalue weighted by Crippen LogP contribution is 2.65. The van der Waals surface area contributed by atoms with E-state index in [-0.39, 0.29) is 17.3 Å². The molecule has 4 aromatic rings. The average Bonchev–Trinajstić information content (AvgIpc) is 3.60. The van der Waals surface area contributed by atoms with Crippen LogP contribution in [0.5, 0.6) is 0 Å². The van der Waals surface area contributed by atoms with Gasteiger partial charge in [-0.25, -0.2) is 0 Å². The summed E-state index contributed by atoms with van der Waals surface area (Å²) in [7, 11) is 0. The van der Waals surface area contributed by atoms with E-state index in [0.717, 1.165) is 0 Å². The Labute approximate surface area is 505 Å². The van der Waals surface area contributed by atoms with Crippen molar-refractivity contribution in [2.75, 3.05) is 0 Å². The van der Waals surface area contributed by atoms with Crippen LogP contribution in [0, 0.1) is 17.3 Å². The summed E-state index contributed by atoms with van der Waals surface area (Å²) in [5.74, 6) is 1.69. The van der Waals surface area contributed by atoms with Crippen LogP contribution in [0.25, 0.3) is 0 Å². The maximum atomic E-state index is 2.57. The van der Waals surface area contributed by atoms with Crippen molar-refractivity contribution in [1.82, 2.24) is 0 Å². The molecule has 0 unspecified atom stereocenters. The largest absolute Gasteiger partial charge is 0.0654 e. The number of hydrogen-bond donors (Lipinski definition) is 0. The minimum atomic E-state index is -0.0562. The van der Waals surface area contributed by atoms with Crippen molar-refractivity contribution >= 4 is 0 Å². The lowest BCUT2D eigenvalue weighted by Gasteiger charge is -2.57. The maximum Gasteiger partial charge on any atom is 0.0160 e. The molecule has 0 spiro atoms. The Morgan fingerprint density at radius 1 is 0.198 bits per heavy atom. The molecule has 0 heteroatoms. The highest BCUT2D eigenvalue weighted by Gasteiger charge is 2.56. The SMILES string of the molecule is CCCCCCCCCCCCCC(CCCCCCCCCCCCC)C(C(CCCCCCCCCCCCC)CCCCCCCCCCCCC)(C(c1ccccc1)c1ccccc1)C(c1ccccc1)c1ccccc1. The molecule has 0 saturated heterocycles. The molecular formula is C81H132. The van der Waals surface area contributed by atoms with E-state index in [4.69, 9.17) is 0 Å². The molecular weight excluding hydrogens is 973 g/mol. The fourth-order valence-electron chi connectivity index (χ4n) is 15.1. The van der Waals surface area contributed by atoms with Gasteiger partial charge in [0.25, 0.3) is 0 Å². The first kappa shape index (κ1) is 70.4. The van der Waals surface area contributed by atoms with Crippen molar-refractivity contribution < 1.29 is 0 Å². The van der Waals surface area contributed by atoms with Gasteiger partial charge in [0.2, 0.25) is 0 Å². The Morgan fingerprint density at radius 2 is 0.346 bits per heavy atom. The van der Waals surface area contributed by atoms with E-state index in [9.17, 15) is 0 Å². The fourth-order valence-corrected chi connectivity index (χ4v) is 15.1. The van der Waals surface area contributed by atoms with Crippen LogP contribution in [0.3, 0.4) is 0 Å². The zero-order valence-electron chi connectivity index (χ0n) is 54.3. The molecule has 0 radical (unpaired) electrons. The zero-order valence-corrected chi connectivity index (χ0v) is 54.3. The molecule has 0 aliphatic rings. The monoisotopic (exact) mass is 1110 g/mol. The molecule has 0 aliphatic carbocycles. The van der Waals surface area contributed by atoms with Crippen LogP contribution in [0.2, 0.25) is 0 Å². The summed E-state index contributed by atoms with van der Waals surface area (Å²) >= 11 is 0. The lowest BCUT2D eigenvalue weighted by molar-refractivity contribution is 0.00294. The minimum absolute atomic E-state index is 0.0562. The summed E-state index contributed by atoms with van der Waals surface area (Å²) in [6.45, 7) is 9.38. The first-order valence-corrected chi connectivity index (χ1v) is 36.4. The van der Waals surface area contributed by atoms with Gasteiger partial charge in [-0.05, 0) is 65.2 Å². The van der Waals surface area contributed by atoms with Gasteiger partial charge in [-0.15, -0.1) is 0 Å². The molecule has 0 amide bonds. The number of rotatable bonds is 56. The van der Waals surface area contributed by atoms with E-state index in [1.807, 2.05) is 0 Å². The number of unbranched alkanes of at least 4 members (excludes halogenated alkanes) is 40. The van der Waals surface area contributed by atoms with Crippen molar-refractivity contribution in [3.05, 3.63) is 144 Å². The van der Waals surface area contributed by atoms with Gasteiger partial charge in [0.15, 0.2) is 0 Å². The first-order valence-electron chi connectivity index (χ1n) is 36.4. The second-order valence-electron chi connectivity index (χ2n) is 26.2. The molecule has 0 N–H and O–H groups in total. The van der Waals surface area contributed by atoms with Crippen LogP contribution >= 0.6 is 0 Å². The van der Waals surface area contributed by atoms with E-state index in [2.05, 4.69) is 149 Å². The summed E-state index contributed by atoms with van der Waals surface area (Å²) in [5, 5.41) is 0. The van der Waals surface area contributed by atoms with Crippen molar-refractivity contribution in [2.24, 2.45) is 17.3 Å². The Balaban J connectivity index is 1.85. The van der Waals surface area contributed by atoms with Gasteiger partial charge < -0.3 is 0 Å². The minimum Gasteiger partial charge on any atom is -0.0654 e. The maximum absolute atomic E-state index is 2.57. The van der Waals surface area contributed by atoms with Crippen molar-refractivity contribution in [3.8, 4) is 0 Å². The second kappa shape index (κ2) is 49.2. The standard InChI is InChI=1S/C81H132/c1-5-9-13-17-21-25-29-33-37-41-57-69-77(70-58-42-38-34-30-26-22-18-14-10-6-2)81(79(73-61-49-45-50-62-73)74-63-51-46-52-64-74,80(75-65-53-47-54-66-75)76-67-55-48-56-68-76)78(71-59-43-39-35-31-27-23-19-15-11-7-3)72-60-44-40-36-32-28-24-20-16-12-8-4/h45-56,61-68,77-80H,5-44,57-60,69-72H2,1-4H3. The van der Waals surface area contributed by atoms with Crippen molar-refractivity contribution in [1.29, 1.82) is 0 Å². The van der Waals surface area contributed by atoms with Crippen LogP contribution in [0.15, 0.2) is 121 Å². The third-order valence-corrected chi connectivity index (χ3v) is 19.6. The van der Waals surface area contributed by atoms with E-state index < -0.39 is 0 Å². The smallest absolute Gasteiger partial charge is 0.0160 e. The van der Waals surface area contributed by atoms with Crippen LogP contribution in [0.4, 0.5) is 0 Å². The molecule has 0 bridgehead atoms. The van der Waals surface area contributed by atoms with E-state index in [1.54, 1.807) is 22.3 Å². The number of hydrogen-bond acceptors (Lipinski definition) is 0.